The second-order valence-electron chi connectivity index (χ2n) is 7.12. The number of carbonyl (C=O) groups is 1. The molecule has 156 valence electrons. The molecule has 0 aliphatic rings. The number of carbonyl (C=O) groups excluding carboxylic acids is 1. The van der Waals surface area contributed by atoms with Gasteiger partial charge in [-0.25, -0.2) is 4.98 Å². The van der Waals surface area contributed by atoms with Gasteiger partial charge < -0.3 is 9.73 Å². The zero-order valence-electron chi connectivity index (χ0n) is 16.6. The van der Waals surface area contributed by atoms with E-state index in [9.17, 15) is 4.79 Å². The van der Waals surface area contributed by atoms with E-state index in [1.807, 2.05) is 66.7 Å². The number of rotatable bonds is 3. The highest BCUT2D eigenvalue weighted by Crippen LogP contribution is 2.27. The molecule has 0 unspecified atom stereocenters. The zero-order valence-corrected chi connectivity index (χ0v) is 18.2. The van der Waals surface area contributed by atoms with Crippen LogP contribution in [0.3, 0.4) is 0 Å². The van der Waals surface area contributed by atoms with E-state index in [1.165, 1.54) is 0 Å². The summed E-state index contributed by atoms with van der Waals surface area (Å²) in [5.74, 6) is 0.197. The fourth-order valence-electron chi connectivity index (χ4n) is 3.53. The third-order valence-electron chi connectivity index (χ3n) is 5.00. The van der Waals surface area contributed by atoms with Crippen molar-refractivity contribution in [2.24, 2.45) is 0 Å². The fourth-order valence-corrected chi connectivity index (χ4v) is 3.98. The number of oxazole rings is 1. The van der Waals surface area contributed by atoms with E-state index in [0.29, 0.717) is 22.2 Å². The van der Waals surface area contributed by atoms with Crippen LogP contribution in [0.15, 0.2) is 89.3 Å². The van der Waals surface area contributed by atoms with Crippen LogP contribution in [0.2, 0.25) is 5.02 Å². The number of thiocarbonyl (C=S) groups is 1. The first-order valence-corrected chi connectivity index (χ1v) is 10.6. The van der Waals surface area contributed by atoms with E-state index in [2.05, 4.69) is 15.6 Å². The van der Waals surface area contributed by atoms with E-state index < -0.39 is 0 Å². The number of hydrogen-bond acceptors (Lipinski definition) is 4. The summed E-state index contributed by atoms with van der Waals surface area (Å²) in [5.41, 5.74) is 3.51. The molecule has 0 saturated heterocycles. The molecular formula is C25H16ClN3O2S. The van der Waals surface area contributed by atoms with Gasteiger partial charge in [0.05, 0.1) is 0 Å². The summed E-state index contributed by atoms with van der Waals surface area (Å²) >= 11 is 11.6. The minimum absolute atomic E-state index is 0.184. The van der Waals surface area contributed by atoms with Gasteiger partial charge in [-0.15, -0.1) is 0 Å². The third kappa shape index (κ3) is 3.93. The smallest absolute Gasteiger partial charge is 0.258 e. The number of nitrogens with one attached hydrogen (secondary N) is 2. The quantitative estimate of drug-likeness (QED) is 0.306. The number of aromatic nitrogens is 1. The van der Waals surface area contributed by atoms with Crippen LogP contribution in [-0.4, -0.2) is 16.0 Å². The summed E-state index contributed by atoms with van der Waals surface area (Å²) in [7, 11) is 0. The number of fused-ring (bicyclic) bond motifs is 2. The fraction of sp³-hybridized carbons (Fsp3) is 0. The SMILES string of the molecule is O=C(NC(=S)Nc1cccc(-c2nc3ccccc3o2)c1)c1cccc2c(Cl)cccc12. The molecule has 0 fully saturated rings. The lowest BCUT2D eigenvalue weighted by molar-refractivity contribution is 0.0979. The molecule has 5 nitrogen and oxygen atoms in total. The number of halogens is 1. The second-order valence-corrected chi connectivity index (χ2v) is 7.93. The van der Waals surface area contributed by atoms with E-state index in [-0.39, 0.29) is 11.0 Å². The maximum absolute atomic E-state index is 12.9. The minimum atomic E-state index is -0.314. The van der Waals surface area contributed by atoms with E-state index >= 15 is 0 Å². The molecule has 5 rings (SSSR count). The van der Waals surface area contributed by atoms with Gasteiger partial charge in [-0.05, 0) is 60.1 Å². The van der Waals surface area contributed by atoms with Crippen LogP contribution in [0.1, 0.15) is 10.4 Å². The molecule has 7 heteroatoms. The molecule has 0 bridgehead atoms. The molecule has 0 aliphatic heterocycles. The summed E-state index contributed by atoms with van der Waals surface area (Å²) in [5, 5.41) is 8.14. The van der Waals surface area contributed by atoms with Crippen LogP contribution in [0, 0.1) is 0 Å². The molecule has 0 aliphatic carbocycles. The number of para-hydroxylation sites is 2. The van der Waals surface area contributed by atoms with Gasteiger partial charge in [0, 0.05) is 27.2 Å². The van der Waals surface area contributed by atoms with Gasteiger partial charge in [0.25, 0.3) is 5.91 Å². The number of nitrogens with zero attached hydrogens (tertiary/aromatic N) is 1. The lowest BCUT2D eigenvalue weighted by Gasteiger charge is -2.12. The summed E-state index contributed by atoms with van der Waals surface area (Å²) in [6.45, 7) is 0. The average Bonchev–Trinajstić information content (AvgIpc) is 3.23. The standard InChI is InChI=1S/C25H16ClN3O2S/c26-20-11-5-8-17-18(20)9-4-10-19(17)23(30)29-25(32)27-16-7-3-6-15(14-16)24-28-21-12-1-2-13-22(21)31-24/h1-14H,(H2,27,29,30,32). The maximum atomic E-state index is 12.9. The van der Waals surface area contributed by atoms with Crippen LogP contribution < -0.4 is 10.6 Å². The first-order valence-electron chi connectivity index (χ1n) is 9.84. The molecular weight excluding hydrogens is 442 g/mol. The van der Waals surface area contributed by atoms with Crippen molar-refractivity contribution in [3.05, 3.63) is 95.5 Å². The van der Waals surface area contributed by atoms with Crippen molar-refractivity contribution in [2.75, 3.05) is 5.32 Å². The Bertz CT molecular complexity index is 1460. The van der Waals surface area contributed by atoms with Crippen molar-refractivity contribution in [1.29, 1.82) is 0 Å². The van der Waals surface area contributed by atoms with Crippen LogP contribution in [0.4, 0.5) is 5.69 Å². The van der Waals surface area contributed by atoms with Gasteiger partial charge in [0.1, 0.15) is 5.52 Å². The van der Waals surface area contributed by atoms with Crippen molar-refractivity contribution in [1.82, 2.24) is 10.3 Å². The Kier molecular flexibility index (Phi) is 5.31. The Morgan fingerprint density at radius 1 is 0.906 bits per heavy atom. The molecule has 0 atom stereocenters. The molecule has 0 saturated carbocycles. The average molecular weight is 458 g/mol. The predicted octanol–water partition coefficient (Wildman–Crippen LogP) is 6.43. The Morgan fingerprint density at radius 2 is 1.69 bits per heavy atom. The largest absolute Gasteiger partial charge is 0.436 e. The highest BCUT2D eigenvalue weighted by Gasteiger charge is 2.13. The van der Waals surface area contributed by atoms with Crippen molar-refractivity contribution in [2.45, 2.75) is 0 Å². The number of benzene rings is 4. The number of amides is 1. The minimum Gasteiger partial charge on any atom is -0.436 e. The van der Waals surface area contributed by atoms with Gasteiger partial charge in [-0.3, -0.25) is 10.1 Å². The molecule has 2 N–H and O–H groups in total. The molecule has 4 aromatic carbocycles. The first kappa shape index (κ1) is 20.2. The number of anilines is 1. The first-order chi connectivity index (χ1) is 15.6. The van der Waals surface area contributed by atoms with Crippen LogP contribution >= 0.6 is 23.8 Å². The van der Waals surface area contributed by atoms with Crippen molar-refractivity contribution < 1.29 is 9.21 Å². The highest BCUT2D eigenvalue weighted by molar-refractivity contribution is 7.80. The summed E-state index contributed by atoms with van der Waals surface area (Å²) in [6, 6.07) is 25.9. The van der Waals surface area contributed by atoms with Crippen molar-refractivity contribution >= 4 is 62.4 Å². The van der Waals surface area contributed by atoms with Crippen molar-refractivity contribution in [3.63, 3.8) is 0 Å². The lowest BCUT2D eigenvalue weighted by Crippen LogP contribution is -2.34. The second kappa shape index (κ2) is 8.42. The van der Waals surface area contributed by atoms with Gasteiger partial charge in [-0.1, -0.05) is 54.1 Å². The normalized spacial score (nSPS) is 10.9. The molecule has 32 heavy (non-hydrogen) atoms. The van der Waals surface area contributed by atoms with Crippen LogP contribution in [0.25, 0.3) is 33.3 Å². The summed E-state index contributed by atoms with van der Waals surface area (Å²) in [6.07, 6.45) is 0. The summed E-state index contributed by atoms with van der Waals surface area (Å²) in [4.78, 5) is 17.4. The maximum Gasteiger partial charge on any atom is 0.258 e. The lowest BCUT2D eigenvalue weighted by atomic mass is 10.0. The topological polar surface area (TPSA) is 67.2 Å². The van der Waals surface area contributed by atoms with Crippen LogP contribution in [0.5, 0.6) is 0 Å². The zero-order chi connectivity index (χ0) is 22.1. The molecule has 1 heterocycles. The Morgan fingerprint density at radius 3 is 2.56 bits per heavy atom. The molecule has 0 radical (unpaired) electrons. The predicted molar refractivity (Wildman–Crippen MR) is 132 cm³/mol. The summed E-state index contributed by atoms with van der Waals surface area (Å²) < 4.78 is 5.83. The molecule has 1 aromatic heterocycles. The molecule has 5 aromatic rings. The monoisotopic (exact) mass is 457 g/mol. The molecule has 1 amide bonds. The van der Waals surface area contributed by atoms with E-state index in [4.69, 9.17) is 28.2 Å². The van der Waals surface area contributed by atoms with Gasteiger partial charge in [0.2, 0.25) is 5.89 Å². The Hall–Kier alpha value is -3.74. The molecule has 0 spiro atoms. The third-order valence-corrected chi connectivity index (χ3v) is 5.54. The van der Waals surface area contributed by atoms with Gasteiger partial charge >= 0.3 is 0 Å². The van der Waals surface area contributed by atoms with Gasteiger partial charge in [-0.2, -0.15) is 0 Å². The Balaban J connectivity index is 1.34. The van der Waals surface area contributed by atoms with Gasteiger partial charge in [0.15, 0.2) is 10.7 Å². The highest BCUT2D eigenvalue weighted by atomic mass is 35.5. The Labute approximate surface area is 194 Å². The number of hydrogen-bond donors (Lipinski definition) is 2. The van der Waals surface area contributed by atoms with E-state index in [0.717, 1.165) is 27.4 Å². The van der Waals surface area contributed by atoms with E-state index in [1.54, 1.807) is 18.2 Å². The van der Waals surface area contributed by atoms with Crippen molar-refractivity contribution in [3.8, 4) is 11.5 Å². The van der Waals surface area contributed by atoms with Crippen LogP contribution in [-0.2, 0) is 0 Å².